The van der Waals surface area contributed by atoms with Gasteiger partial charge in [0.15, 0.2) is 5.78 Å². The molecule has 32 heavy (non-hydrogen) atoms. The zero-order valence-corrected chi connectivity index (χ0v) is 18.1. The zero-order chi connectivity index (χ0) is 22.3. The number of likely N-dealkylation sites (tertiary alicyclic amines) is 1. The van der Waals surface area contributed by atoms with Crippen LogP contribution in [0.15, 0.2) is 78.9 Å². The highest BCUT2D eigenvalue weighted by Gasteiger charge is 2.26. The molecule has 0 amide bonds. The Balaban J connectivity index is 1.33. The number of carbonyl (C=O) groups is 1. The molecule has 1 fully saturated rings. The van der Waals surface area contributed by atoms with Gasteiger partial charge in [0.2, 0.25) is 0 Å². The van der Waals surface area contributed by atoms with Crippen molar-refractivity contribution in [1.29, 1.82) is 0 Å². The Morgan fingerprint density at radius 2 is 1.62 bits per heavy atom. The van der Waals surface area contributed by atoms with Crippen molar-refractivity contribution in [2.75, 3.05) is 25.4 Å². The number of ether oxygens (including phenoxy) is 1. The molecule has 0 aliphatic carbocycles. The number of nitrogens with zero attached hydrogens (tertiary/aromatic N) is 1. The highest BCUT2D eigenvalue weighted by Crippen LogP contribution is 2.27. The third-order valence-electron chi connectivity index (χ3n) is 6.12. The van der Waals surface area contributed by atoms with Gasteiger partial charge in [0, 0.05) is 30.1 Å². The molecule has 4 rings (SSSR count). The minimum absolute atomic E-state index is 0.00709. The molecule has 0 radical (unpaired) electrons. The molecule has 166 valence electrons. The normalized spacial score (nSPS) is 15.9. The highest BCUT2D eigenvalue weighted by molar-refractivity contribution is 5.97. The average Bonchev–Trinajstić information content (AvgIpc) is 2.84. The summed E-state index contributed by atoms with van der Waals surface area (Å²) >= 11 is 0. The second-order valence-electron chi connectivity index (χ2n) is 8.36. The summed E-state index contributed by atoms with van der Waals surface area (Å²) in [4.78, 5) is 15.1. The summed E-state index contributed by atoms with van der Waals surface area (Å²) in [5, 5.41) is 0. The van der Waals surface area contributed by atoms with Crippen molar-refractivity contribution < 1.29 is 13.9 Å². The van der Waals surface area contributed by atoms with Crippen LogP contribution in [0.1, 0.15) is 41.3 Å². The van der Waals surface area contributed by atoms with Crippen LogP contribution in [0.2, 0.25) is 0 Å². The summed E-state index contributed by atoms with van der Waals surface area (Å²) in [5.74, 6) is 0.619. The molecule has 1 atom stereocenters. The van der Waals surface area contributed by atoms with Crippen molar-refractivity contribution in [2.45, 2.75) is 25.4 Å². The Kier molecular flexibility index (Phi) is 7.17. The fourth-order valence-electron chi connectivity index (χ4n) is 4.24. The van der Waals surface area contributed by atoms with E-state index in [2.05, 4.69) is 17.0 Å². The number of nitrogen functional groups attached to an aromatic ring is 1. The lowest BCUT2D eigenvalue weighted by molar-refractivity contribution is 0.0822. The van der Waals surface area contributed by atoms with Crippen LogP contribution in [0, 0.1) is 11.7 Å². The van der Waals surface area contributed by atoms with Crippen molar-refractivity contribution >= 4 is 11.5 Å². The maximum absolute atomic E-state index is 13.1. The number of ketones is 1. The summed E-state index contributed by atoms with van der Waals surface area (Å²) < 4.78 is 19.4. The van der Waals surface area contributed by atoms with E-state index in [1.54, 1.807) is 12.1 Å². The van der Waals surface area contributed by atoms with Gasteiger partial charge in [-0.1, -0.05) is 30.3 Å². The Morgan fingerprint density at radius 1 is 0.969 bits per heavy atom. The van der Waals surface area contributed by atoms with Crippen LogP contribution in [0.5, 0.6) is 5.75 Å². The maximum atomic E-state index is 13.1. The number of halogens is 1. The van der Waals surface area contributed by atoms with Crippen LogP contribution in [0.3, 0.4) is 0 Å². The predicted octanol–water partition coefficient (Wildman–Crippen LogP) is 5.51. The molecule has 5 heteroatoms. The second-order valence-corrected chi connectivity index (χ2v) is 8.36. The molecular weight excluding hydrogens is 403 g/mol. The fourth-order valence-corrected chi connectivity index (χ4v) is 4.24. The van der Waals surface area contributed by atoms with Crippen LogP contribution in [-0.2, 0) is 0 Å². The van der Waals surface area contributed by atoms with E-state index in [0.717, 1.165) is 50.2 Å². The molecule has 3 aromatic carbocycles. The summed E-state index contributed by atoms with van der Waals surface area (Å²) in [6.45, 7) is 2.65. The van der Waals surface area contributed by atoms with Crippen LogP contribution in [0.25, 0.3) is 0 Å². The minimum Gasteiger partial charge on any atom is -0.486 e. The molecule has 1 saturated heterocycles. The summed E-state index contributed by atoms with van der Waals surface area (Å²) in [6.07, 6.45) is 2.44. The van der Waals surface area contributed by atoms with E-state index in [1.807, 2.05) is 42.5 Å². The summed E-state index contributed by atoms with van der Waals surface area (Å²) in [5.41, 5.74) is 8.26. The van der Waals surface area contributed by atoms with Crippen molar-refractivity contribution in [3.05, 3.63) is 95.8 Å². The van der Waals surface area contributed by atoms with Crippen LogP contribution < -0.4 is 10.5 Å². The third kappa shape index (κ3) is 5.74. The van der Waals surface area contributed by atoms with Gasteiger partial charge in [0.25, 0.3) is 0 Å². The van der Waals surface area contributed by atoms with Gasteiger partial charge in [-0.25, -0.2) is 4.39 Å². The quantitative estimate of drug-likeness (QED) is 0.377. The van der Waals surface area contributed by atoms with E-state index in [4.69, 9.17) is 10.5 Å². The molecule has 2 N–H and O–H groups in total. The van der Waals surface area contributed by atoms with Crippen LogP contribution >= 0.6 is 0 Å². The van der Waals surface area contributed by atoms with Crippen molar-refractivity contribution in [3.63, 3.8) is 0 Å². The first-order valence-electron chi connectivity index (χ1n) is 11.2. The lowest BCUT2D eigenvalue weighted by Gasteiger charge is -2.32. The predicted molar refractivity (Wildman–Crippen MR) is 125 cm³/mol. The molecule has 1 aliphatic rings. The molecule has 1 heterocycles. The average molecular weight is 433 g/mol. The van der Waals surface area contributed by atoms with E-state index in [9.17, 15) is 9.18 Å². The first-order chi connectivity index (χ1) is 15.6. The van der Waals surface area contributed by atoms with Gasteiger partial charge in [-0.05, 0) is 80.0 Å². The van der Waals surface area contributed by atoms with Crippen molar-refractivity contribution in [2.24, 2.45) is 5.92 Å². The monoisotopic (exact) mass is 432 g/mol. The van der Waals surface area contributed by atoms with Crippen molar-refractivity contribution in [1.82, 2.24) is 4.90 Å². The fraction of sp³-hybridized carbons (Fsp3) is 0.296. The van der Waals surface area contributed by atoms with Gasteiger partial charge in [-0.3, -0.25) is 4.79 Å². The molecule has 3 aromatic rings. The topological polar surface area (TPSA) is 55.6 Å². The summed E-state index contributed by atoms with van der Waals surface area (Å²) in [6, 6.07) is 23.6. The van der Waals surface area contributed by atoms with Gasteiger partial charge in [-0.2, -0.15) is 0 Å². The first kappa shape index (κ1) is 22.0. The standard InChI is InChI=1S/C27H29FN2O2/c28-23-8-6-21(7-9-23)27(31)22-14-17-30(18-15-22)19-16-26(20-4-2-1-3-5-20)32-25-12-10-24(29)11-13-25/h1-13,22,26H,14-19,29H2. The molecule has 0 saturated carbocycles. The van der Waals surface area contributed by atoms with E-state index in [0.29, 0.717) is 11.3 Å². The highest BCUT2D eigenvalue weighted by atomic mass is 19.1. The van der Waals surface area contributed by atoms with E-state index < -0.39 is 0 Å². The maximum Gasteiger partial charge on any atom is 0.166 e. The summed E-state index contributed by atoms with van der Waals surface area (Å²) in [7, 11) is 0. The SMILES string of the molecule is Nc1ccc(OC(CCN2CCC(C(=O)c3ccc(F)cc3)CC2)c2ccccc2)cc1. The number of nitrogens with two attached hydrogens (primary N) is 1. The second kappa shape index (κ2) is 10.4. The number of Topliss-reactive ketones (excluding diaryl/α,β-unsaturated/α-hetero) is 1. The van der Waals surface area contributed by atoms with Gasteiger partial charge in [0.1, 0.15) is 17.7 Å². The lowest BCUT2D eigenvalue weighted by Crippen LogP contribution is -2.37. The number of carbonyl (C=O) groups excluding carboxylic acids is 1. The Bertz CT molecular complexity index is 998. The first-order valence-corrected chi connectivity index (χ1v) is 11.2. The Morgan fingerprint density at radius 3 is 2.28 bits per heavy atom. The van der Waals surface area contributed by atoms with Crippen LogP contribution in [-0.4, -0.2) is 30.3 Å². The molecule has 1 unspecified atom stereocenters. The van der Waals surface area contributed by atoms with E-state index in [1.165, 1.54) is 12.1 Å². The van der Waals surface area contributed by atoms with Gasteiger partial charge >= 0.3 is 0 Å². The largest absolute Gasteiger partial charge is 0.486 e. The van der Waals surface area contributed by atoms with Crippen LogP contribution in [0.4, 0.5) is 10.1 Å². The lowest BCUT2D eigenvalue weighted by atomic mass is 9.88. The minimum atomic E-state index is -0.314. The number of anilines is 1. The third-order valence-corrected chi connectivity index (χ3v) is 6.12. The Labute approximate surface area is 188 Å². The molecule has 0 aromatic heterocycles. The molecule has 1 aliphatic heterocycles. The number of hydrogen-bond donors (Lipinski definition) is 1. The van der Waals surface area contributed by atoms with Crippen molar-refractivity contribution in [3.8, 4) is 5.75 Å². The number of piperidine rings is 1. The van der Waals surface area contributed by atoms with E-state index >= 15 is 0 Å². The number of benzene rings is 3. The molecular formula is C27H29FN2O2. The Hall–Kier alpha value is -3.18. The zero-order valence-electron chi connectivity index (χ0n) is 18.1. The number of rotatable bonds is 8. The molecule has 0 bridgehead atoms. The van der Waals surface area contributed by atoms with E-state index in [-0.39, 0.29) is 23.6 Å². The molecule has 0 spiro atoms. The number of hydrogen-bond acceptors (Lipinski definition) is 4. The van der Waals surface area contributed by atoms with Gasteiger partial charge in [0.05, 0.1) is 0 Å². The molecule has 4 nitrogen and oxygen atoms in total. The van der Waals surface area contributed by atoms with Gasteiger partial charge < -0.3 is 15.4 Å². The van der Waals surface area contributed by atoms with Gasteiger partial charge in [-0.15, -0.1) is 0 Å². The smallest absolute Gasteiger partial charge is 0.166 e.